The lowest BCUT2D eigenvalue weighted by Gasteiger charge is -2.30. The van der Waals surface area contributed by atoms with E-state index in [1.54, 1.807) is 12.1 Å². The van der Waals surface area contributed by atoms with Crippen molar-refractivity contribution in [2.45, 2.75) is 12.1 Å². The Hall–Kier alpha value is -2.14. The summed E-state index contributed by atoms with van der Waals surface area (Å²) in [5.41, 5.74) is 6.43. The molecule has 3 rings (SSSR count). The maximum Gasteiger partial charge on any atom is 0.161 e. The lowest BCUT2D eigenvalue weighted by molar-refractivity contribution is 0.0712. The third-order valence-corrected chi connectivity index (χ3v) is 3.09. The quantitative estimate of drug-likeness (QED) is 0.898. The number of hydrogen-bond donors (Lipinski definition) is 1. The molecule has 1 aliphatic rings. The van der Waals surface area contributed by atoms with Gasteiger partial charge in [-0.25, -0.2) is 4.39 Å². The number of para-hydroxylation sites is 2. The molecule has 2 atom stereocenters. The minimum absolute atomic E-state index is 0.292. The van der Waals surface area contributed by atoms with E-state index in [9.17, 15) is 4.39 Å². The van der Waals surface area contributed by atoms with Gasteiger partial charge in [-0.15, -0.1) is 0 Å². The largest absolute Gasteiger partial charge is 0.486 e. The summed E-state index contributed by atoms with van der Waals surface area (Å²) in [7, 11) is 0. The van der Waals surface area contributed by atoms with E-state index in [-0.39, 0.29) is 0 Å². The number of ether oxygens (including phenoxy) is 2. The summed E-state index contributed by atoms with van der Waals surface area (Å²) in [6, 6.07) is 8.30. The second-order valence-electron chi connectivity index (χ2n) is 4.34. The SMILES string of the molecule is NC(c1ccncc1F)C1COc2ccccc2O1. The van der Waals surface area contributed by atoms with Gasteiger partial charge in [-0.05, 0) is 18.2 Å². The summed E-state index contributed by atoms with van der Waals surface area (Å²) in [5, 5.41) is 0. The lowest BCUT2D eigenvalue weighted by Crippen LogP contribution is -2.39. The van der Waals surface area contributed by atoms with Gasteiger partial charge in [0.25, 0.3) is 0 Å². The van der Waals surface area contributed by atoms with Gasteiger partial charge in [0, 0.05) is 11.8 Å². The summed E-state index contributed by atoms with van der Waals surface area (Å²) in [4.78, 5) is 3.71. The summed E-state index contributed by atoms with van der Waals surface area (Å²) >= 11 is 0. The van der Waals surface area contributed by atoms with Crippen LogP contribution in [0.15, 0.2) is 42.7 Å². The zero-order chi connectivity index (χ0) is 13.2. The van der Waals surface area contributed by atoms with E-state index < -0.39 is 18.0 Å². The number of halogens is 1. The van der Waals surface area contributed by atoms with Crippen molar-refractivity contribution in [3.8, 4) is 11.5 Å². The highest BCUT2D eigenvalue weighted by Crippen LogP contribution is 2.33. The van der Waals surface area contributed by atoms with Crippen molar-refractivity contribution in [2.24, 2.45) is 5.73 Å². The Balaban J connectivity index is 1.83. The molecule has 0 aliphatic carbocycles. The van der Waals surface area contributed by atoms with Crippen molar-refractivity contribution in [3.05, 3.63) is 54.1 Å². The number of fused-ring (bicyclic) bond motifs is 1. The fraction of sp³-hybridized carbons (Fsp3) is 0.214. The zero-order valence-electron chi connectivity index (χ0n) is 10.1. The molecule has 2 heterocycles. The molecule has 0 saturated heterocycles. The van der Waals surface area contributed by atoms with E-state index in [0.29, 0.717) is 23.7 Å². The summed E-state index contributed by atoms with van der Waals surface area (Å²) in [6.45, 7) is 0.292. The average Bonchev–Trinajstić information content (AvgIpc) is 2.46. The van der Waals surface area contributed by atoms with E-state index in [1.165, 1.54) is 6.20 Å². The highest BCUT2D eigenvalue weighted by atomic mass is 19.1. The highest BCUT2D eigenvalue weighted by Gasteiger charge is 2.29. The van der Waals surface area contributed by atoms with Crippen LogP contribution in [0.2, 0.25) is 0 Å². The molecular weight excluding hydrogens is 247 g/mol. The third kappa shape index (κ3) is 2.24. The average molecular weight is 260 g/mol. The van der Waals surface area contributed by atoms with Crippen LogP contribution in [0, 0.1) is 5.82 Å². The Kier molecular flexibility index (Phi) is 3.05. The van der Waals surface area contributed by atoms with Gasteiger partial charge < -0.3 is 15.2 Å². The summed E-state index contributed by atoms with van der Waals surface area (Å²) in [5.74, 6) is 0.877. The molecule has 1 aromatic carbocycles. The molecule has 1 aliphatic heterocycles. The first-order valence-corrected chi connectivity index (χ1v) is 5.99. The van der Waals surface area contributed by atoms with Gasteiger partial charge in [0.2, 0.25) is 0 Å². The minimum Gasteiger partial charge on any atom is -0.486 e. The Morgan fingerprint density at radius 1 is 1.26 bits per heavy atom. The first-order chi connectivity index (χ1) is 9.25. The van der Waals surface area contributed by atoms with Gasteiger partial charge in [0.1, 0.15) is 12.4 Å². The first kappa shape index (κ1) is 11.9. The molecule has 2 unspecified atom stereocenters. The Labute approximate surface area is 110 Å². The van der Waals surface area contributed by atoms with E-state index in [0.717, 1.165) is 6.20 Å². The van der Waals surface area contributed by atoms with E-state index in [1.807, 2.05) is 18.2 Å². The van der Waals surface area contributed by atoms with Gasteiger partial charge in [-0.1, -0.05) is 12.1 Å². The van der Waals surface area contributed by atoms with Crippen molar-refractivity contribution in [3.63, 3.8) is 0 Å². The molecular formula is C14H13FN2O2. The van der Waals surface area contributed by atoms with Crippen LogP contribution < -0.4 is 15.2 Å². The minimum atomic E-state index is -0.601. The topological polar surface area (TPSA) is 57.4 Å². The van der Waals surface area contributed by atoms with Gasteiger partial charge in [0.05, 0.1) is 12.2 Å². The van der Waals surface area contributed by atoms with Gasteiger partial charge in [0.15, 0.2) is 17.6 Å². The Morgan fingerprint density at radius 2 is 2.05 bits per heavy atom. The molecule has 0 bridgehead atoms. The smallest absolute Gasteiger partial charge is 0.161 e. The Bertz CT molecular complexity index is 591. The van der Waals surface area contributed by atoms with Gasteiger partial charge in [-0.2, -0.15) is 0 Å². The number of aromatic nitrogens is 1. The van der Waals surface area contributed by atoms with Crippen LogP contribution in [0.3, 0.4) is 0 Å². The summed E-state index contributed by atoms with van der Waals surface area (Å²) in [6.07, 6.45) is 2.23. The first-order valence-electron chi connectivity index (χ1n) is 5.99. The Morgan fingerprint density at radius 3 is 2.84 bits per heavy atom. The molecule has 0 saturated carbocycles. The molecule has 2 N–H and O–H groups in total. The predicted octanol–water partition coefficient (Wildman–Crippen LogP) is 2.06. The second kappa shape index (κ2) is 4.85. The van der Waals surface area contributed by atoms with Crippen LogP contribution in [0.25, 0.3) is 0 Å². The van der Waals surface area contributed by atoms with Gasteiger partial charge >= 0.3 is 0 Å². The normalized spacial score (nSPS) is 18.9. The lowest BCUT2D eigenvalue weighted by atomic mass is 10.0. The maximum absolute atomic E-state index is 13.7. The fourth-order valence-corrected chi connectivity index (χ4v) is 2.07. The van der Waals surface area contributed by atoms with E-state index >= 15 is 0 Å². The molecule has 0 spiro atoms. The monoisotopic (exact) mass is 260 g/mol. The summed E-state index contributed by atoms with van der Waals surface area (Å²) < 4.78 is 25.0. The number of hydrogen-bond acceptors (Lipinski definition) is 4. The molecule has 5 heteroatoms. The number of benzene rings is 1. The standard InChI is InChI=1S/C14H13FN2O2/c15-10-7-17-6-5-9(10)14(16)13-8-18-11-3-1-2-4-12(11)19-13/h1-7,13-14H,8,16H2. The maximum atomic E-state index is 13.7. The van der Waals surface area contributed by atoms with Crippen LogP contribution in [0.1, 0.15) is 11.6 Å². The number of rotatable bonds is 2. The molecule has 1 aromatic heterocycles. The van der Waals surface area contributed by atoms with E-state index in [4.69, 9.17) is 15.2 Å². The predicted molar refractivity (Wildman–Crippen MR) is 67.5 cm³/mol. The van der Waals surface area contributed by atoms with Crippen molar-refractivity contribution in [2.75, 3.05) is 6.61 Å². The molecule has 19 heavy (non-hydrogen) atoms. The number of nitrogens with zero attached hydrogens (tertiary/aromatic N) is 1. The van der Waals surface area contributed by atoms with Gasteiger partial charge in [-0.3, -0.25) is 4.98 Å². The third-order valence-electron chi connectivity index (χ3n) is 3.09. The zero-order valence-corrected chi connectivity index (χ0v) is 10.1. The fourth-order valence-electron chi connectivity index (χ4n) is 2.07. The van der Waals surface area contributed by atoms with Crippen molar-refractivity contribution < 1.29 is 13.9 Å². The van der Waals surface area contributed by atoms with Crippen molar-refractivity contribution >= 4 is 0 Å². The van der Waals surface area contributed by atoms with Crippen molar-refractivity contribution in [1.29, 1.82) is 0 Å². The molecule has 4 nitrogen and oxygen atoms in total. The molecule has 98 valence electrons. The molecule has 2 aromatic rings. The highest BCUT2D eigenvalue weighted by molar-refractivity contribution is 5.41. The second-order valence-corrected chi connectivity index (χ2v) is 4.34. The van der Waals surface area contributed by atoms with Crippen molar-refractivity contribution in [1.82, 2.24) is 4.98 Å². The van der Waals surface area contributed by atoms with Crippen LogP contribution >= 0.6 is 0 Å². The van der Waals surface area contributed by atoms with Crippen LogP contribution in [0.4, 0.5) is 4.39 Å². The van der Waals surface area contributed by atoms with Crippen LogP contribution in [-0.4, -0.2) is 17.7 Å². The number of pyridine rings is 1. The molecule has 0 amide bonds. The van der Waals surface area contributed by atoms with Crippen LogP contribution in [0.5, 0.6) is 11.5 Å². The molecule has 0 fully saturated rings. The van der Waals surface area contributed by atoms with Crippen LogP contribution in [-0.2, 0) is 0 Å². The van der Waals surface area contributed by atoms with E-state index in [2.05, 4.69) is 4.98 Å². The molecule has 0 radical (unpaired) electrons. The number of nitrogens with two attached hydrogens (primary N) is 1.